The van der Waals surface area contributed by atoms with E-state index in [2.05, 4.69) is 4.90 Å². The zero-order chi connectivity index (χ0) is 10.7. The number of hydrogen-bond acceptors (Lipinski definition) is 5. The van der Waals surface area contributed by atoms with Gasteiger partial charge in [0.25, 0.3) is 0 Å². The Labute approximate surface area is 93.2 Å². The van der Waals surface area contributed by atoms with Gasteiger partial charge in [0.2, 0.25) is 0 Å². The predicted molar refractivity (Wildman–Crippen MR) is 60.2 cm³/mol. The highest BCUT2D eigenvalue weighted by Crippen LogP contribution is 2.11. The molecule has 1 aromatic heterocycles. The van der Waals surface area contributed by atoms with Crippen LogP contribution < -0.4 is 5.46 Å². The maximum absolute atomic E-state index is 9.14. The molecule has 2 N–H and O–H groups in total. The topological polar surface area (TPSA) is 52.9 Å². The molecule has 82 valence electrons. The molecule has 1 fully saturated rings. The molecule has 0 saturated carbocycles. The lowest BCUT2D eigenvalue weighted by Crippen LogP contribution is -2.38. The number of rotatable bonds is 3. The summed E-state index contributed by atoms with van der Waals surface area (Å²) in [5, 5.41) is 20.2. The Kier molecular flexibility index (Phi) is 3.77. The molecule has 0 atom stereocenters. The predicted octanol–water partition coefficient (Wildman–Crippen LogP) is -0.740. The summed E-state index contributed by atoms with van der Waals surface area (Å²) < 4.78 is 5.26. The fourth-order valence-electron chi connectivity index (χ4n) is 1.67. The van der Waals surface area contributed by atoms with Crippen molar-refractivity contribution in [3.8, 4) is 0 Å². The van der Waals surface area contributed by atoms with E-state index in [-0.39, 0.29) is 0 Å². The van der Waals surface area contributed by atoms with Gasteiger partial charge in [0.1, 0.15) is 0 Å². The number of nitrogens with zero attached hydrogens (tertiary/aromatic N) is 1. The minimum atomic E-state index is -1.35. The Balaban J connectivity index is 1.99. The van der Waals surface area contributed by atoms with E-state index in [0.29, 0.717) is 5.46 Å². The van der Waals surface area contributed by atoms with Crippen LogP contribution in [-0.2, 0) is 11.3 Å². The second-order valence-corrected chi connectivity index (χ2v) is 4.56. The van der Waals surface area contributed by atoms with Crippen LogP contribution in [0.5, 0.6) is 0 Å². The molecule has 1 aliphatic rings. The number of ether oxygens (including phenoxy) is 1. The highest BCUT2D eigenvalue weighted by Gasteiger charge is 2.19. The molecule has 1 aromatic rings. The van der Waals surface area contributed by atoms with Crippen LogP contribution in [0.3, 0.4) is 0 Å². The zero-order valence-corrected chi connectivity index (χ0v) is 9.24. The van der Waals surface area contributed by atoms with Crippen molar-refractivity contribution in [3.63, 3.8) is 0 Å². The Morgan fingerprint density at radius 3 is 2.80 bits per heavy atom. The van der Waals surface area contributed by atoms with E-state index in [9.17, 15) is 0 Å². The van der Waals surface area contributed by atoms with Crippen molar-refractivity contribution in [3.05, 3.63) is 16.3 Å². The fourth-order valence-corrected chi connectivity index (χ4v) is 2.62. The van der Waals surface area contributed by atoms with Crippen LogP contribution in [-0.4, -0.2) is 48.4 Å². The van der Waals surface area contributed by atoms with Crippen molar-refractivity contribution in [2.45, 2.75) is 6.54 Å². The molecule has 4 nitrogen and oxygen atoms in total. The normalized spacial score (nSPS) is 18.0. The molecule has 0 bridgehead atoms. The van der Waals surface area contributed by atoms with Gasteiger partial charge in [-0.3, -0.25) is 4.90 Å². The first-order valence-electron chi connectivity index (χ1n) is 5.00. The van der Waals surface area contributed by atoms with Gasteiger partial charge >= 0.3 is 7.12 Å². The maximum Gasteiger partial charge on any atom is 0.489 e. The van der Waals surface area contributed by atoms with Gasteiger partial charge in [-0.2, -0.15) is 0 Å². The Morgan fingerprint density at radius 2 is 2.13 bits per heavy atom. The van der Waals surface area contributed by atoms with Crippen LogP contribution >= 0.6 is 11.3 Å². The SMILES string of the molecule is OB(O)c1ccsc1CN1CCOCC1. The third-order valence-electron chi connectivity index (χ3n) is 2.53. The fraction of sp³-hybridized carbons (Fsp3) is 0.556. The van der Waals surface area contributed by atoms with Crippen LogP contribution in [0.4, 0.5) is 0 Å². The molecule has 2 rings (SSSR count). The van der Waals surface area contributed by atoms with E-state index >= 15 is 0 Å². The average Bonchev–Trinajstić information content (AvgIpc) is 2.67. The van der Waals surface area contributed by atoms with E-state index < -0.39 is 7.12 Å². The summed E-state index contributed by atoms with van der Waals surface area (Å²) in [6, 6.07) is 1.77. The molecule has 0 spiro atoms. The lowest BCUT2D eigenvalue weighted by atomic mass is 9.80. The molecule has 0 amide bonds. The molecule has 0 aromatic carbocycles. The molecular weight excluding hydrogens is 213 g/mol. The van der Waals surface area contributed by atoms with Crippen LogP contribution in [0.25, 0.3) is 0 Å². The first-order valence-corrected chi connectivity index (χ1v) is 5.88. The van der Waals surface area contributed by atoms with Gasteiger partial charge in [-0.05, 0) is 10.8 Å². The van der Waals surface area contributed by atoms with Crippen LogP contribution in [0.2, 0.25) is 0 Å². The highest BCUT2D eigenvalue weighted by atomic mass is 32.1. The van der Waals surface area contributed by atoms with E-state index in [1.54, 1.807) is 17.4 Å². The van der Waals surface area contributed by atoms with Crippen molar-refractivity contribution in [2.75, 3.05) is 26.3 Å². The van der Waals surface area contributed by atoms with Crippen molar-refractivity contribution in [1.29, 1.82) is 0 Å². The van der Waals surface area contributed by atoms with E-state index in [0.717, 1.165) is 37.7 Å². The van der Waals surface area contributed by atoms with Gasteiger partial charge in [-0.1, -0.05) is 6.07 Å². The monoisotopic (exact) mass is 227 g/mol. The molecule has 2 heterocycles. The van der Waals surface area contributed by atoms with Gasteiger partial charge in [0, 0.05) is 24.5 Å². The zero-order valence-electron chi connectivity index (χ0n) is 8.43. The summed E-state index contributed by atoms with van der Waals surface area (Å²) in [6.07, 6.45) is 0. The van der Waals surface area contributed by atoms with Crippen LogP contribution in [0, 0.1) is 0 Å². The van der Waals surface area contributed by atoms with E-state index in [1.165, 1.54) is 0 Å². The molecule has 0 aliphatic carbocycles. The average molecular weight is 227 g/mol. The quantitative estimate of drug-likeness (QED) is 0.668. The minimum Gasteiger partial charge on any atom is -0.423 e. The van der Waals surface area contributed by atoms with Gasteiger partial charge < -0.3 is 14.8 Å². The summed E-state index contributed by atoms with van der Waals surface area (Å²) in [6.45, 7) is 4.15. The van der Waals surface area contributed by atoms with E-state index in [1.807, 2.05) is 5.38 Å². The molecule has 6 heteroatoms. The summed E-state index contributed by atoms with van der Waals surface area (Å²) in [5.41, 5.74) is 0.631. The van der Waals surface area contributed by atoms with Crippen molar-refractivity contribution >= 4 is 23.9 Å². The smallest absolute Gasteiger partial charge is 0.423 e. The third-order valence-corrected chi connectivity index (χ3v) is 3.45. The van der Waals surface area contributed by atoms with Gasteiger partial charge in [-0.25, -0.2) is 0 Å². The summed E-state index contributed by atoms with van der Waals surface area (Å²) in [4.78, 5) is 3.30. The lowest BCUT2D eigenvalue weighted by Gasteiger charge is -2.26. The molecule has 0 unspecified atom stereocenters. The Bertz CT molecular complexity index is 312. The van der Waals surface area contributed by atoms with Gasteiger partial charge in [0.05, 0.1) is 13.2 Å². The second kappa shape index (κ2) is 5.09. The van der Waals surface area contributed by atoms with Crippen LogP contribution in [0.1, 0.15) is 4.88 Å². The third kappa shape index (κ3) is 2.79. The minimum absolute atomic E-state index is 0.631. The van der Waals surface area contributed by atoms with Crippen LogP contribution in [0.15, 0.2) is 11.4 Å². The van der Waals surface area contributed by atoms with Crippen molar-refractivity contribution in [1.82, 2.24) is 4.90 Å². The van der Waals surface area contributed by atoms with Gasteiger partial charge in [0.15, 0.2) is 0 Å². The second-order valence-electron chi connectivity index (χ2n) is 3.56. The molecule has 0 radical (unpaired) electrons. The number of thiophene rings is 1. The summed E-state index contributed by atoms with van der Waals surface area (Å²) in [7, 11) is -1.35. The lowest BCUT2D eigenvalue weighted by molar-refractivity contribution is 0.0347. The van der Waals surface area contributed by atoms with E-state index in [4.69, 9.17) is 14.8 Å². The first-order chi connectivity index (χ1) is 7.27. The van der Waals surface area contributed by atoms with Crippen molar-refractivity contribution < 1.29 is 14.8 Å². The number of morpholine rings is 1. The molecule has 1 saturated heterocycles. The maximum atomic E-state index is 9.14. The number of hydrogen-bond donors (Lipinski definition) is 2. The van der Waals surface area contributed by atoms with Crippen molar-refractivity contribution in [2.24, 2.45) is 0 Å². The Hall–Kier alpha value is -0.395. The molecular formula is C9H14BNO3S. The standard InChI is InChI=1S/C9H14BNO3S/c12-10(13)8-1-6-15-9(8)7-11-2-4-14-5-3-11/h1,6,12-13H,2-5,7H2. The first kappa shape index (κ1) is 11.1. The summed E-state index contributed by atoms with van der Waals surface area (Å²) in [5.74, 6) is 0. The van der Waals surface area contributed by atoms with Gasteiger partial charge in [-0.15, -0.1) is 11.3 Å². The highest BCUT2D eigenvalue weighted by molar-refractivity contribution is 7.11. The summed E-state index contributed by atoms with van der Waals surface area (Å²) >= 11 is 1.57. The molecule has 1 aliphatic heterocycles. The Morgan fingerprint density at radius 1 is 1.40 bits per heavy atom. The largest absolute Gasteiger partial charge is 0.489 e. The molecule has 15 heavy (non-hydrogen) atoms.